The van der Waals surface area contributed by atoms with Crippen LogP contribution in [0.1, 0.15) is 44.6 Å². The molecule has 2 N–H and O–H groups in total. The molecule has 0 amide bonds. The van der Waals surface area contributed by atoms with Gasteiger partial charge in [-0.1, -0.05) is 37.4 Å². The minimum atomic E-state index is 0.258. The molecule has 1 aromatic carbocycles. The monoisotopic (exact) mass is 283 g/mol. The lowest BCUT2D eigenvalue weighted by Crippen LogP contribution is -2.21. The fourth-order valence-electron chi connectivity index (χ4n) is 2.42. The smallest absolute Gasteiger partial charge is 0.0417 e. The molecule has 0 aliphatic heterocycles. The minimum absolute atomic E-state index is 0.258. The second-order valence-electron chi connectivity index (χ2n) is 5.15. The van der Waals surface area contributed by atoms with E-state index in [0.717, 1.165) is 23.1 Å². The van der Waals surface area contributed by atoms with E-state index in [0.29, 0.717) is 0 Å². The fraction of sp³-hybridized carbons (Fsp3) is 0.600. The van der Waals surface area contributed by atoms with Crippen molar-refractivity contribution in [3.05, 3.63) is 28.8 Å². The van der Waals surface area contributed by atoms with E-state index >= 15 is 0 Å². The Balaban J connectivity index is 2.11. The molecule has 1 unspecified atom stereocenters. The molecular formula is C15H22ClNS. The summed E-state index contributed by atoms with van der Waals surface area (Å²) in [6.07, 6.45) is 7.43. The van der Waals surface area contributed by atoms with Gasteiger partial charge in [0.1, 0.15) is 0 Å². The second-order valence-corrected chi connectivity index (χ2v) is 6.93. The predicted octanol–water partition coefficient (Wildman–Crippen LogP) is 4.65. The van der Waals surface area contributed by atoms with Gasteiger partial charge in [-0.15, -0.1) is 11.8 Å². The Labute approximate surface area is 119 Å². The van der Waals surface area contributed by atoms with Crippen molar-refractivity contribution >= 4 is 23.4 Å². The van der Waals surface area contributed by atoms with Crippen molar-refractivity contribution in [3.8, 4) is 0 Å². The van der Waals surface area contributed by atoms with E-state index in [9.17, 15) is 0 Å². The van der Waals surface area contributed by atoms with Gasteiger partial charge < -0.3 is 5.73 Å². The van der Waals surface area contributed by atoms with Crippen LogP contribution in [0.15, 0.2) is 23.1 Å². The molecule has 2 rings (SSSR count). The molecule has 0 radical (unpaired) electrons. The Morgan fingerprint density at radius 3 is 2.78 bits per heavy atom. The molecule has 0 spiro atoms. The lowest BCUT2D eigenvalue weighted by Gasteiger charge is -2.16. The van der Waals surface area contributed by atoms with Crippen LogP contribution in [0, 0.1) is 0 Å². The van der Waals surface area contributed by atoms with Crippen LogP contribution >= 0.6 is 23.4 Å². The summed E-state index contributed by atoms with van der Waals surface area (Å²) in [5, 5.41) is 1.62. The molecule has 18 heavy (non-hydrogen) atoms. The largest absolute Gasteiger partial charge is 0.327 e. The fourth-order valence-corrected chi connectivity index (χ4v) is 4.08. The topological polar surface area (TPSA) is 26.0 Å². The van der Waals surface area contributed by atoms with Gasteiger partial charge in [0.15, 0.2) is 0 Å². The first-order chi connectivity index (χ1) is 8.69. The molecule has 0 heterocycles. The van der Waals surface area contributed by atoms with E-state index in [-0.39, 0.29) is 6.04 Å². The van der Waals surface area contributed by atoms with Gasteiger partial charge in [-0.05, 0) is 43.4 Å². The van der Waals surface area contributed by atoms with Crippen molar-refractivity contribution in [1.29, 1.82) is 0 Å². The highest BCUT2D eigenvalue weighted by Crippen LogP contribution is 2.37. The van der Waals surface area contributed by atoms with Crippen LogP contribution in [0.2, 0.25) is 5.02 Å². The first-order valence-corrected chi connectivity index (χ1v) is 8.15. The van der Waals surface area contributed by atoms with Crippen molar-refractivity contribution in [3.63, 3.8) is 0 Å². The summed E-state index contributed by atoms with van der Waals surface area (Å²) in [5.74, 6) is 0. The third-order valence-corrected chi connectivity index (χ3v) is 5.31. The Bertz CT molecular complexity index is 388. The molecule has 0 bridgehead atoms. The highest BCUT2D eigenvalue weighted by molar-refractivity contribution is 8.00. The molecule has 1 atom stereocenters. The maximum atomic E-state index is 6.13. The highest BCUT2D eigenvalue weighted by Gasteiger charge is 2.18. The zero-order valence-corrected chi connectivity index (χ0v) is 12.6. The molecule has 1 aliphatic carbocycles. The number of rotatable bonds is 5. The molecule has 1 fully saturated rings. The first kappa shape index (κ1) is 14.2. The molecule has 3 heteroatoms. The Kier molecular flexibility index (Phi) is 5.40. The van der Waals surface area contributed by atoms with E-state index in [1.807, 2.05) is 17.8 Å². The van der Waals surface area contributed by atoms with Crippen molar-refractivity contribution in [2.45, 2.75) is 61.6 Å². The number of thioether (sulfide) groups is 1. The number of hydrogen-bond acceptors (Lipinski definition) is 2. The molecule has 0 aromatic heterocycles. The summed E-state index contributed by atoms with van der Waals surface area (Å²) >= 11 is 8.13. The summed E-state index contributed by atoms with van der Waals surface area (Å²) in [6, 6.07) is 6.50. The lowest BCUT2D eigenvalue weighted by molar-refractivity contribution is 0.641. The zero-order valence-electron chi connectivity index (χ0n) is 11.0. The predicted molar refractivity (Wildman–Crippen MR) is 81.5 cm³/mol. The van der Waals surface area contributed by atoms with Gasteiger partial charge in [0.2, 0.25) is 0 Å². The van der Waals surface area contributed by atoms with Crippen LogP contribution in [0.3, 0.4) is 0 Å². The summed E-state index contributed by atoms with van der Waals surface area (Å²) in [6.45, 7) is 2.14. The molecule has 0 saturated heterocycles. The van der Waals surface area contributed by atoms with Crippen molar-refractivity contribution in [1.82, 2.24) is 0 Å². The minimum Gasteiger partial charge on any atom is -0.327 e. The number of halogens is 1. The maximum absolute atomic E-state index is 6.13. The van der Waals surface area contributed by atoms with Crippen LogP contribution < -0.4 is 5.73 Å². The van der Waals surface area contributed by atoms with Gasteiger partial charge in [-0.25, -0.2) is 0 Å². The van der Waals surface area contributed by atoms with Crippen molar-refractivity contribution in [2.75, 3.05) is 0 Å². The quantitative estimate of drug-likeness (QED) is 0.851. The maximum Gasteiger partial charge on any atom is 0.0417 e. The van der Waals surface area contributed by atoms with Gasteiger partial charge in [0, 0.05) is 21.2 Å². The summed E-state index contributed by atoms with van der Waals surface area (Å²) in [4.78, 5) is 1.35. The summed E-state index contributed by atoms with van der Waals surface area (Å²) in [7, 11) is 0. The molecule has 1 saturated carbocycles. The van der Waals surface area contributed by atoms with Crippen molar-refractivity contribution in [2.24, 2.45) is 5.73 Å². The third kappa shape index (κ3) is 3.91. The van der Waals surface area contributed by atoms with Crippen LogP contribution in [0.25, 0.3) is 0 Å². The standard InChI is InChI=1S/C15H22ClNS/c1-2-13(17)9-11-7-8-12(16)10-15(11)18-14-5-3-4-6-14/h7-8,10,13-14H,2-6,9,17H2,1H3. The van der Waals surface area contributed by atoms with Gasteiger partial charge in [0.25, 0.3) is 0 Å². The third-order valence-electron chi connectivity index (χ3n) is 3.63. The Hall–Kier alpha value is -0.180. The molecule has 1 aromatic rings. The SMILES string of the molecule is CCC(N)Cc1ccc(Cl)cc1SC1CCCC1. The summed E-state index contributed by atoms with van der Waals surface area (Å²) in [5.41, 5.74) is 7.44. The lowest BCUT2D eigenvalue weighted by atomic mass is 10.1. The van der Waals surface area contributed by atoms with E-state index in [2.05, 4.69) is 19.1 Å². The average molecular weight is 284 g/mol. The van der Waals surface area contributed by atoms with Crippen LogP contribution in [0.5, 0.6) is 0 Å². The molecule has 1 nitrogen and oxygen atoms in total. The molecule has 100 valence electrons. The van der Waals surface area contributed by atoms with Crippen molar-refractivity contribution < 1.29 is 0 Å². The average Bonchev–Trinajstić information content (AvgIpc) is 2.85. The number of hydrogen-bond donors (Lipinski definition) is 1. The zero-order chi connectivity index (χ0) is 13.0. The Morgan fingerprint density at radius 2 is 2.11 bits per heavy atom. The summed E-state index contributed by atoms with van der Waals surface area (Å²) < 4.78 is 0. The van der Waals surface area contributed by atoms with E-state index in [1.165, 1.54) is 36.1 Å². The van der Waals surface area contributed by atoms with Gasteiger partial charge in [-0.2, -0.15) is 0 Å². The van der Waals surface area contributed by atoms with E-state index < -0.39 is 0 Å². The van der Waals surface area contributed by atoms with Gasteiger partial charge in [-0.3, -0.25) is 0 Å². The highest BCUT2D eigenvalue weighted by atomic mass is 35.5. The van der Waals surface area contributed by atoms with Crippen LogP contribution in [0.4, 0.5) is 0 Å². The molecular weight excluding hydrogens is 262 g/mol. The number of benzene rings is 1. The van der Waals surface area contributed by atoms with E-state index in [4.69, 9.17) is 17.3 Å². The Morgan fingerprint density at radius 1 is 1.39 bits per heavy atom. The van der Waals surface area contributed by atoms with Gasteiger partial charge in [0.05, 0.1) is 0 Å². The number of nitrogens with two attached hydrogens (primary N) is 1. The second kappa shape index (κ2) is 6.83. The molecule has 1 aliphatic rings. The first-order valence-electron chi connectivity index (χ1n) is 6.89. The normalized spacial score (nSPS) is 18.2. The van der Waals surface area contributed by atoms with Crippen LogP contribution in [-0.2, 0) is 6.42 Å². The van der Waals surface area contributed by atoms with E-state index in [1.54, 1.807) is 0 Å². The van der Waals surface area contributed by atoms with Crippen LogP contribution in [-0.4, -0.2) is 11.3 Å². The van der Waals surface area contributed by atoms with Gasteiger partial charge >= 0.3 is 0 Å².